The van der Waals surface area contributed by atoms with Crippen LogP contribution in [0, 0.1) is 5.92 Å². The van der Waals surface area contributed by atoms with Crippen molar-refractivity contribution in [3.63, 3.8) is 0 Å². The van der Waals surface area contributed by atoms with Gasteiger partial charge in [0.25, 0.3) is 0 Å². The molecule has 2 amide bonds. The summed E-state index contributed by atoms with van der Waals surface area (Å²) in [5.41, 5.74) is 2.14. The second kappa shape index (κ2) is 8.31. The van der Waals surface area contributed by atoms with Crippen molar-refractivity contribution in [2.75, 3.05) is 10.6 Å². The molecule has 1 aromatic carbocycles. The number of ether oxygens (including phenoxy) is 1. The van der Waals surface area contributed by atoms with Crippen molar-refractivity contribution in [2.24, 2.45) is 5.92 Å². The Morgan fingerprint density at radius 1 is 1.22 bits per heavy atom. The molecule has 1 heterocycles. The lowest BCUT2D eigenvalue weighted by Crippen LogP contribution is -2.21. The van der Waals surface area contributed by atoms with Crippen LogP contribution in [-0.2, 0) is 17.6 Å². The number of hydrogen-bond donors (Lipinski definition) is 2. The van der Waals surface area contributed by atoms with E-state index in [0.717, 1.165) is 29.7 Å². The third-order valence-corrected chi connectivity index (χ3v) is 5.81. The van der Waals surface area contributed by atoms with E-state index in [-0.39, 0.29) is 12.1 Å². The maximum atomic E-state index is 12.7. The van der Waals surface area contributed by atoms with Gasteiger partial charge in [0.2, 0.25) is 0 Å². The summed E-state index contributed by atoms with van der Waals surface area (Å²) in [5.74, 6) is 0.194. The summed E-state index contributed by atoms with van der Waals surface area (Å²) in [7, 11) is 0. The lowest BCUT2D eigenvalue weighted by molar-refractivity contribution is 0.0378. The van der Waals surface area contributed by atoms with E-state index in [9.17, 15) is 9.59 Å². The van der Waals surface area contributed by atoms with Crippen molar-refractivity contribution >= 4 is 45.6 Å². The summed E-state index contributed by atoms with van der Waals surface area (Å²) in [5, 5.41) is 6.74. The first-order valence-electron chi connectivity index (χ1n) is 9.02. The number of amides is 2. The molecule has 3 rings (SSSR count). The molecular formula is C20H23ClN2O3S. The monoisotopic (exact) mass is 406 g/mol. The molecular weight excluding hydrogens is 384 g/mol. The predicted octanol–water partition coefficient (Wildman–Crippen LogP) is 5.74. The van der Waals surface area contributed by atoms with E-state index in [2.05, 4.69) is 17.6 Å². The highest BCUT2D eigenvalue weighted by molar-refractivity contribution is 7.17. The molecule has 0 bridgehead atoms. The lowest BCUT2D eigenvalue weighted by atomic mass is 9.88. The SMILES string of the molecule is CC1CCc2c(sc(NC(=O)Nc3ccc(Cl)cc3)c2C(=O)OC(C)C)C1. The Labute approximate surface area is 168 Å². The molecule has 2 aromatic rings. The number of anilines is 2. The molecule has 1 unspecified atom stereocenters. The molecule has 5 nitrogen and oxygen atoms in total. The van der Waals surface area contributed by atoms with Crippen molar-refractivity contribution in [3.8, 4) is 0 Å². The number of carbonyl (C=O) groups is 2. The van der Waals surface area contributed by atoms with E-state index in [1.807, 2.05) is 13.8 Å². The fourth-order valence-corrected chi connectivity index (χ4v) is 4.65. The van der Waals surface area contributed by atoms with Gasteiger partial charge in [-0.1, -0.05) is 18.5 Å². The number of esters is 1. The second-order valence-corrected chi connectivity index (χ2v) is 8.64. The zero-order chi connectivity index (χ0) is 19.6. The number of nitrogens with one attached hydrogen (secondary N) is 2. The zero-order valence-electron chi connectivity index (χ0n) is 15.6. The van der Waals surface area contributed by atoms with Crippen LogP contribution in [0.2, 0.25) is 5.02 Å². The van der Waals surface area contributed by atoms with Crippen LogP contribution < -0.4 is 10.6 Å². The molecule has 2 N–H and O–H groups in total. The third kappa shape index (κ3) is 4.82. The Hall–Kier alpha value is -2.05. The topological polar surface area (TPSA) is 67.4 Å². The highest BCUT2D eigenvalue weighted by Gasteiger charge is 2.29. The predicted molar refractivity (Wildman–Crippen MR) is 110 cm³/mol. The quantitative estimate of drug-likeness (QED) is 0.636. The normalized spacial score (nSPS) is 16.0. The van der Waals surface area contributed by atoms with Crippen LogP contribution in [0.4, 0.5) is 15.5 Å². The number of halogens is 1. The molecule has 1 aliphatic carbocycles. The Morgan fingerprint density at radius 2 is 1.93 bits per heavy atom. The number of hydrogen-bond acceptors (Lipinski definition) is 4. The van der Waals surface area contributed by atoms with E-state index in [0.29, 0.717) is 27.2 Å². The first-order valence-corrected chi connectivity index (χ1v) is 10.2. The van der Waals surface area contributed by atoms with Crippen molar-refractivity contribution in [3.05, 3.63) is 45.3 Å². The molecule has 0 saturated heterocycles. The molecule has 1 atom stereocenters. The first kappa shape index (κ1) is 19.7. The molecule has 1 aromatic heterocycles. The Morgan fingerprint density at radius 3 is 2.59 bits per heavy atom. The van der Waals surface area contributed by atoms with Gasteiger partial charge in [-0.15, -0.1) is 11.3 Å². The van der Waals surface area contributed by atoms with E-state index < -0.39 is 6.03 Å². The van der Waals surface area contributed by atoms with Gasteiger partial charge in [0.1, 0.15) is 5.00 Å². The molecule has 0 aliphatic heterocycles. The highest BCUT2D eigenvalue weighted by Crippen LogP contribution is 2.40. The van der Waals surface area contributed by atoms with Gasteiger partial charge in [-0.25, -0.2) is 9.59 Å². The maximum absolute atomic E-state index is 12.7. The molecule has 0 spiro atoms. The number of rotatable bonds is 4. The van der Waals surface area contributed by atoms with E-state index in [1.54, 1.807) is 24.3 Å². The second-order valence-electron chi connectivity index (χ2n) is 7.10. The van der Waals surface area contributed by atoms with Crippen LogP contribution in [0.3, 0.4) is 0 Å². The van der Waals surface area contributed by atoms with Gasteiger partial charge in [0.15, 0.2) is 0 Å². The van der Waals surface area contributed by atoms with Crippen LogP contribution in [0.1, 0.15) is 48.0 Å². The summed E-state index contributed by atoms with van der Waals surface area (Å²) in [6.45, 7) is 5.84. The fraction of sp³-hybridized carbons (Fsp3) is 0.400. The summed E-state index contributed by atoms with van der Waals surface area (Å²) >= 11 is 7.34. The largest absolute Gasteiger partial charge is 0.459 e. The van der Waals surface area contributed by atoms with Crippen molar-refractivity contribution in [1.82, 2.24) is 0 Å². The highest BCUT2D eigenvalue weighted by atomic mass is 35.5. The van der Waals surface area contributed by atoms with Gasteiger partial charge in [0.05, 0.1) is 11.7 Å². The zero-order valence-corrected chi connectivity index (χ0v) is 17.2. The fourth-order valence-electron chi connectivity index (χ4n) is 3.13. The Bertz CT molecular complexity index is 846. The Balaban J connectivity index is 1.83. The summed E-state index contributed by atoms with van der Waals surface area (Å²) in [6.07, 6.45) is 2.56. The molecule has 7 heteroatoms. The van der Waals surface area contributed by atoms with Gasteiger partial charge in [-0.3, -0.25) is 5.32 Å². The van der Waals surface area contributed by atoms with Crippen LogP contribution in [0.25, 0.3) is 0 Å². The van der Waals surface area contributed by atoms with Gasteiger partial charge < -0.3 is 10.1 Å². The van der Waals surface area contributed by atoms with Crippen LogP contribution in [-0.4, -0.2) is 18.1 Å². The molecule has 1 aliphatic rings. The number of thiophene rings is 1. The lowest BCUT2D eigenvalue weighted by Gasteiger charge is -2.18. The van der Waals surface area contributed by atoms with Crippen molar-refractivity contribution in [2.45, 2.75) is 46.1 Å². The molecule has 0 fully saturated rings. The smallest absolute Gasteiger partial charge is 0.341 e. The van der Waals surface area contributed by atoms with Crippen LogP contribution in [0.5, 0.6) is 0 Å². The molecule has 0 radical (unpaired) electrons. The summed E-state index contributed by atoms with van der Waals surface area (Å²) < 4.78 is 5.42. The first-order chi connectivity index (χ1) is 12.8. The summed E-state index contributed by atoms with van der Waals surface area (Å²) in [6, 6.07) is 6.44. The van der Waals surface area contributed by atoms with Crippen LogP contribution >= 0.6 is 22.9 Å². The number of fused-ring (bicyclic) bond motifs is 1. The minimum absolute atomic E-state index is 0.216. The van der Waals surface area contributed by atoms with Crippen molar-refractivity contribution < 1.29 is 14.3 Å². The summed E-state index contributed by atoms with van der Waals surface area (Å²) in [4.78, 5) is 26.3. The van der Waals surface area contributed by atoms with E-state index in [1.165, 1.54) is 11.3 Å². The number of carbonyl (C=O) groups excluding carboxylic acids is 2. The molecule has 0 saturated carbocycles. The van der Waals surface area contributed by atoms with Gasteiger partial charge in [0, 0.05) is 15.6 Å². The van der Waals surface area contributed by atoms with E-state index >= 15 is 0 Å². The average molecular weight is 407 g/mol. The van der Waals surface area contributed by atoms with Gasteiger partial charge in [-0.2, -0.15) is 0 Å². The standard InChI is InChI=1S/C20H23ClN2O3S/c1-11(2)26-19(24)17-15-9-4-12(3)10-16(15)27-18(17)23-20(25)22-14-7-5-13(21)6-8-14/h5-8,11-12H,4,9-10H2,1-3H3,(H2,22,23,25). The average Bonchev–Trinajstić information content (AvgIpc) is 2.93. The number of urea groups is 1. The van der Waals surface area contributed by atoms with E-state index in [4.69, 9.17) is 16.3 Å². The minimum atomic E-state index is -0.400. The van der Waals surface area contributed by atoms with Crippen LogP contribution in [0.15, 0.2) is 24.3 Å². The van der Waals surface area contributed by atoms with Crippen molar-refractivity contribution in [1.29, 1.82) is 0 Å². The van der Waals surface area contributed by atoms with Gasteiger partial charge in [-0.05, 0) is 68.9 Å². The Kier molecular flexibility index (Phi) is 6.07. The third-order valence-electron chi connectivity index (χ3n) is 4.39. The minimum Gasteiger partial charge on any atom is -0.459 e. The van der Waals surface area contributed by atoms with Gasteiger partial charge >= 0.3 is 12.0 Å². The molecule has 27 heavy (non-hydrogen) atoms. The number of benzene rings is 1. The molecule has 144 valence electrons. The maximum Gasteiger partial charge on any atom is 0.341 e.